The molecule has 0 aromatic heterocycles. The lowest BCUT2D eigenvalue weighted by Crippen LogP contribution is -2.44. The van der Waals surface area contributed by atoms with Gasteiger partial charge >= 0.3 is 10.1 Å². The van der Waals surface area contributed by atoms with Gasteiger partial charge in [0.15, 0.2) is 17.3 Å². The van der Waals surface area contributed by atoms with E-state index in [-0.39, 0.29) is 43.8 Å². The van der Waals surface area contributed by atoms with Gasteiger partial charge in [-0.15, -0.1) is 0 Å². The maximum absolute atomic E-state index is 13.9. The van der Waals surface area contributed by atoms with Crippen LogP contribution in [0.2, 0.25) is 5.02 Å². The molecule has 0 saturated carbocycles. The van der Waals surface area contributed by atoms with Gasteiger partial charge in [0.1, 0.15) is 4.90 Å². The number of aryl methyl sites for hydroxylation is 1. The fraction of sp³-hybridized carbons (Fsp3) is 0.455. The zero-order valence-electron chi connectivity index (χ0n) is 25.3. The van der Waals surface area contributed by atoms with Crippen LogP contribution in [0.3, 0.4) is 0 Å². The number of hydrogen-bond donors (Lipinski definition) is 0. The Hall–Kier alpha value is -3.10. The van der Waals surface area contributed by atoms with E-state index in [1.54, 1.807) is 24.3 Å². The molecule has 1 aliphatic heterocycles. The maximum Gasteiger partial charge on any atom is 0.339 e. The average molecular weight is 612 g/mol. The standard InChI is InChI=1S/C33H38ClNO6S/c1-8-35-23-15-32(3,4)17-25(36)29(23)28(30-24(35)16-33(5,6)18-26(30)37)20-13-22(34)31(27(14-20)40-7)41-42(38,39)21-11-9-19(2)10-12-21/h9-14,28H,8,15-18H2,1-7H3. The number of ketones is 2. The highest BCUT2D eigenvalue weighted by molar-refractivity contribution is 7.87. The van der Waals surface area contributed by atoms with Crippen molar-refractivity contribution in [3.05, 3.63) is 75.1 Å². The van der Waals surface area contributed by atoms with Crippen molar-refractivity contribution in [2.24, 2.45) is 10.8 Å². The van der Waals surface area contributed by atoms with Crippen molar-refractivity contribution in [1.29, 1.82) is 0 Å². The summed E-state index contributed by atoms with van der Waals surface area (Å²) < 4.78 is 37.4. The Balaban J connectivity index is 1.68. The molecule has 42 heavy (non-hydrogen) atoms. The Bertz CT molecular complexity index is 1600. The largest absolute Gasteiger partial charge is 0.493 e. The lowest BCUT2D eigenvalue weighted by molar-refractivity contribution is -0.119. The van der Waals surface area contributed by atoms with E-state index >= 15 is 0 Å². The monoisotopic (exact) mass is 611 g/mol. The number of carbonyl (C=O) groups excluding carboxylic acids is 2. The number of ether oxygens (including phenoxy) is 1. The summed E-state index contributed by atoms with van der Waals surface area (Å²) in [7, 11) is -2.81. The normalized spacial score (nSPS) is 20.4. The molecule has 0 fully saturated rings. The molecule has 0 saturated heterocycles. The first-order chi connectivity index (χ1) is 19.6. The highest BCUT2D eigenvalue weighted by atomic mass is 35.5. The molecule has 2 aliphatic carbocycles. The average Bonchev–Trinajstić information content (AvgIpc) is 2.87. The van der Waals surface area contributed by atoms with E-state index in [4.69, 9.17) is 20.5 Å². The molecule has 5 rings (SSSR count). The summed E-state index contributed by atoms with van der Waals surface area (Å²) >= 11 is 6.74. The lowest BCUT2D eigenvalue weighted by atomic mass is 9.63. The molecule has 1 heterocycles. The molecule has 0 bridgehead atoms. The quantitative estimate of drug-likeness (QED) is 0.321. The van der Waals surface area contributed by atoms with Crippen molar-refractivity contribution in [3.8, 4) is 11.5 Å². The molecule has 224 valence electrons. The molecule has 2 aromatic rings. The van der Waals surface area contributed by atoms with E-state index < -0.39 is 16.0 Å². The Kier molecular flexibility index (Phi) is 7.63. The molecular formula is C33H38ClNO6S. The summed E-state index contributed by atoms with van der Waals surface area (Å²) in [6.07, 6.45) is 2.13. The number of benzene rings is 2. The van der Waals surface area contributed by atoms with Crippen molar-refractivity contribution in [1.82, 2.24) is 4.90 Å². The van der Waals surface area contributed by atoms with Gasteiger partial charge in [-0.25, -0.2) is 0 Å². The molecule has 3 aliphatic rings. The van der Waals surface area contributed by atoms with E-state index in [1.165, 1.54) is 19.2 Å². The Morgan fingerprint density at radius 1 is 0.905 bits per heavy atom. The van der Waals surface area contributed by atoms with Crippen LogP contribution in [0.4, 0.5) is 0 Å². The van der Waals surface area contributed by atoms with Gasteiger partial charge in [-0.2, -0.15) is 8.42 Å². The summed E-state index contributed by atoms with van der Waals surface area (Å²) in [6, 6.07) is 9.55. The topological polar surface area (TPSA) is 90.0 Å². The van der Waals surface area contributed by atoms with Gasteiger partial charge in [-0.05, 0) is 67.3 Å². The number of hydrogen-bond acceptors (Lipinski definition) is 7. The van der Waals surface area contributed by atoms with Crippen molar-refractivity contribution in [2.45, 2.75) is 78.0 Å². The van der Waals surface area contributed by atoms with Crippen LogP contribution in [-0.4, -0.2) is 38.5 Å². The van der Waals surface area contributed by atoms with Gasteiger partial charge in [-0.3, -0.25) is 9.59 Å². The lowest BCUT2D eigenvalue weighted by Gasteiger charge is -2.49. The van der Waals surface area contributed by atoms with Crippen LogP contribution in [0, 0.1) is 17.8 Å². The molecular weight excluding hydrogens is 574 g/mol. The van der Waals surface area contributed by atoms with E-state index in [0.29, 0.717) is 48.9 Å². The SMILES string of the molecule is CCN1C2=C(C(=O)CC(C)(C)C2)C(c2cc(Cl)c(OS(=O)(=O)c3ccc(C)cc3)c(OC)c2)C2=C1CC(C)(C)CC2=O. The first kappa shape index (κ1) is 30.4. The van der Waals surface area contributed by atoms with E-state index in [9.17, 15) is 18.0 Å². The fourth-order valence-electron chi connectivity index (χ4n) is 6.61. The van der Waals surface area contributed by atoms with Gasteiger partial charge in [-0.1, -0.05) is 57.0 Å². The van der Waals surface area contributed by atoms with Crippen LogP contribution in [0.15, 0.2) is 63.8 Å². The number of rotatable bonds is 6. The third-order valence-corrected chi connectivity index (χ3v) is 9.94. The molecule has 9 heteroatoms. The summed E-state index contributed by atoms with van der Waals surface area (Å²) in [4.78, 5) is 29.9. The molecule has 0 unspecified atom stereocenters. The van der Waals surface area contributed by atoms with Gasteiger partial charge < -0.3 is 13.8 Å². The van der Waals surface area contributed by atoms with Crippen LogP contribution in [0.1, 0.15) is 77.3 Å². The Labute approximate surface area is 253 Å². The minimum absolute atomic E-state index is 0.00579. The zero-order chi connectivity index (χ0) is 30.8. The number of carbonyl (C=O) groups is 2. The van der Waals surface area contributed by atoms with Crippen LogP contribution in [0.25, 0.3) is 0 Å². The highest BCUT2D eigenvalue weighted by Crippen LogP contribution is 2.55. The smallest absolute Gasteiger partial charge is 0.339 e. The fourth-order valence-corrected chi connectivity index (χ4v) is 7.87. The number of Topliss-reactive ketones (excluding diaryl/α,β-unsaturated/α-hetero) is 2. The van der Waals surface area contributed by atoms with Crippen LogP contribution in [-0.2, 0) is 19.7 Å². The van der Waals surface area contributed by atoms with Crippen molar-refractivity contribution in [2.75, 3.05) is 13.7 Å². The van der Waals surface area contributed by atoms with Gasteiger partial charge in [0.2, 0.25) is 5.75 Å². The predicted molar refractivity (Wildman–Crippen MR) is 162 cm³/mol. The summed E-state index contributed by atoms with van der Waals surface area (Å²) in [5, 5.41) is 0.00874. The first-order valence-corrected chi connectivity index (χ1v) is 16.0. The van der Waals surface area contributed by atoms with Gasteiger partial charge in [0.25, 0.3) is 0 Å². The van der Waals surface area contributed by atoms with Gasteiger partial charge in [0.05, 0.1) is 12.1 Å². The molecule has 7 nitrogen and oxygen atoms in total. The Morgan fingerprint density at radius 2 is 1.43 bits per heavy atom. The maximum atomic E-state index is 13.9. The second-order valence-corrected chi connectivity index (χ2v) is 15.1. The highest BCUT2D eigenvalue weighted by Gasteiger charge is 2.49. The van der Waals surface area contributed by atoms with E-state index in [0.717, 1.165) is 17.0 Å². The first-order valence-electron chi connectivity index (χ1n) is 14.3. The van der Waals surface area contributed by atoms with Crippen LogP contribution < -0.4 is 8.92 Å². The molecule has 0 N–H and O–H groups in total. The van der Waals surface area contributed by atoms with Crippen molar-refractivity contribution < 1.29 is 26.9 Å². The summed E-state index contributed by atoms with van der Waals surface area (Å²) in [5.74, 6) is -0.677. The minimum Gasteiger partial charge on any atom is -0.493 e. The van der Waals surface area contributed by atoms with Crippen LogP contribution >= 0.6 is 11.6 Å². The van der Waals surface area contributed by atoms with Crippen molar-refractivity contribution >= 4 is 33.3 Å². The second-order valence-electron chi connectivity index (χ2n) is 13.2. The van der Waals surface area contributed by atoms with E-state index in [2.05, 4.69) is 32.6 Å². The summed E-state index contributed by atoms with van der Waals surface area (Å²) in [5.41, 5.74) is 4.18. The molecule has 0 spiro atoms. The van der Waals surface area contributed by atoms with Gasteiger partial charge in [0, 0.05) is 47.8 Å². The second kappa shape index (κ2) is 10.6. The third-order valence-electron chi connectivity index (χ3n) is 8.43. The number of methoxy groups -OCH3 is 1. The van der Waals surface area contributed by atoms with Crippen LogP contribution in [0.5, 0.6) is 11.5 Å². The zero-order valence-corrected chi connectivity index (χ0v) is 26.8. The number of halogens is 1. The Morgan fingerprint density at radius 3 is 1.90 bits per heavy atom. The molecule has 0 radical (unpaired) electrons. The molecule has 0 amide bonds. The van der Waals surface area contributed by atoms with E-state index in [1.807, 2.05) is 13.8 Å². The van der Waals surface area contributed by atoms with Crippen molar-refractivity contribution in [3.63, 3.8) is 0 Å². The minimum atomic E-state index is -4.21. The molecule has 0 atom stereocenters. The number of allylic oxidation sites excluding steroid dienone is 4. The predicted octanol–water partition coefficient (Wildman–Crippen LogP) is 7.13. The third kappa shape index (κ3) is 5.39. The summed E-state index contributed by atoms with van der Waals surface area (Å²) in [6.45, 7) is 12.9. The number of nitrogens with zero attached hydrogens (tertiary/aromatic N) is 1. The molecule has 2 aromatic carbocycles.